The number of amides is 2. The molecule has 3 N–H and O–H groups in total. The Bertz CT molecular complexity index is 1190. The second kappa shape index (κ2) is 9.65. The highest BCUT2D eigenvalue weighted by atomic mass is 16.5. The lowest BCUT2D eigenvalue weighted by Gasteiger charge is -2.18. The molecule has 1 aliphatic carbocycles. The van der Waals surface area contributed by atoms with Gasteiger partial charge in [0, 0.05) is 19.0 Å². The van der Waals surface area contributed by atoms with Crippen molar-refractivity contribution in [2.24, 2.45) is 7.05 Å². The van der Waals surface area contributed by atoms with Gasteiger partial charge in [0.25, 0.3) is 0 Å². The molecule has 3 aromatic rings. The number of methoxy groups -OCH3 is 1. The summed E-state index contributed by atoms with van der Waals surface area (Å²) in [6.07, 6.45) is -1.51. The number of alkyl carbamates (subject to hydrolysis) is 1. The molecule has 0 saturated carbocycles. The van der Waals surface area contributed by atoms with Crippen molar-refractivity contribution >= 4 is 23.8 Å². The summed E-state index contributed by atoms with van der Waals surface area (Å²) >= 11 is 0. The summed E-state index contributed by atoms with van der Waals surface area (Å²) in [5, 5.41) is 18.1. The predicted molar refractivity (Wildman–Crippen MR) is 123 cm³/mol. The molecule has 1 heterocycles. The minimum atomic E-state index is -1.36. The number of fused-ring (bicyclic) bond motifs is 3. The zero-order valence-corrected chi connectivity index (χ0v) is 18.6. The van der Waals surface area contributed by atoms with Crippen LogP contribution in [0.3, 0.4) is 0 Å². The van der Waals surface area contributed by atoms with Crippen LogP contribution in [0.1, 0.15) is 23.5 Å². The van der Waals surface area contributed by atoms with Gasteiger partial charge < -0.3 is 25.2 Å². The van der Waals surface area contributed by atoms with E-state index in [9.17, 15) is 19.5 Å². The maximum Gasteiger partial charge on any atom is 0.407 e. The first kappa shape index (κ1) is 22.8. The van der Waals surface area contributed by atoms with E-state index in [1.165, 1.54) is 17.9 Å². The van der Waals surface area contributed by atoms with Gasteiger partial charge in [0.15, 0.2) is 5.82 Å². The standard InChI is InChI=1S/C24H24N4O6/c1-28-21(33-2)12-20(27-28)26-23(31)19(11-22(29)30)25-24(32)34-13-18-16-9-5-3-7-14(16)15-8-4-6-10-17(15)18/h3-10,12,18-19H,11,13H2,1-2H3,(H,25,32)(H,29,30)(H,26,27,31). The van der Waals surface area contributed by atoms with E-state index in [1.807, 2.05) is 48.5 Å². The van der Waals surface area contributed by atoms with Crippen molar-refractivity contribution in [2.45, 2.75) is 18.4 Å². The molecule has 0 bridgehead atoms. The van der Waals surface area contributed by atoms with E-state index >= 15 is 0 Å². The number of nitrogens with one attached hydrogen (secondary N) is 2. The summed E-state index contributed by atoms with van der Waals surface area (Å²) in [6.45, 7) is 0.0404. The number of aryl methyl sites for hydroxylation is 1. The number of hydrogen-bond donors (Lipinski definition) is 3. The molecule has 1 atom stereocenters. The number of carbonyl (C=O) groups excluding carboxylic acids is 2. The van der Waals surface area contributed by atoms with Crippen LogP contribution in [0, 0.1) is 0 Å². The largest absolute Gasteiger partial charge is 0.481 e. The number of carbonyl (C=O) groups is 3. The molecule has 1 unspecified atom stereocenters. The molecule has 2 amide bonds. The summed E-state index contributed by atoms with van der Waals surface area (Å²) in [6, 6.07) is 15.9. The molecule has 0 radical (unpaired) electrons. The zero-order valence-electron chi connectivity index (χ0n) is 18.6. The number of aliphatic carboxylic acids is 1. The van der Waals surface area contributed by atoms with Crippen LogP contribution in [0.15, 0.2) is 54.6 Å². The molecule has 10 heteroatoms. The van der Waals surface area contributed by atoms with Crippen molar-refractivity contribution in [3.05, 3.63) is 65.7 Å². The van der Waals surface area contributed by atoms with Crippen LogP contribution in [-0.4, -0.2) is 52.6 Å². The summed E-state index contributed by atoms with van der Waals surface area (Å²) in [7, 11) is 3.08. The Labute approximate surface area is 195 Å². The smallest absolute Gasteiger partial charge is 0.407 e. The molecule has 0 saturated heterocycles. The summed E-state index contributed by atoms with van der Waals surface area (Å²) in [4.78, 5) is 36.5. The number of carboxylic acid groups (broad SMARTS) is 1. The maximum absolute atomic E-state index is 12.6. The molecule has 0 spiro atoms. The SMILES string of the molecule is COc1cc(NC(=O)C(CC(=O)O)NC(=O)OCC2c3ccccc3-c3ccccc32)nn1C. The minimum Gasteiger partial charge on any atom is -0.481 e. The number of rotatable bonds is 8. The molecular formula is C24H24N4O6. The number of aromatic nitrogens is 2. The molecule has 2 aromatic carbocycles. The second-order valence-corrected chi connectivity index (χ2v) is 7.81. The van der Waals surface area contributed by atoms with Crippen LogP contribution >= 0.6 is 0 Å². The fourth-order valence-electron chi connectivity index (χ4n) is 4.08. The van der Waals surface area contributed by atoms with Crippen LogP contribution in [0.4, 0.5) is 10.6 Å². The van der Waals surface area contributed by atoms with Crippen LogP contribution in [0.2, 0.25) is 0 Å². The Morgan fingerprint density at radius 1 is 1.09 bits per heavy atom. The Morgan fingerprint density at radius 3 is 2.26 bits per heavy atom. The van der Waals surface area contributed by atoms with E-state index in [1.54, 1.807) is 7.05 Å². The average Bonchev–Trinajstić information content (AvgIpc) is 3.33. The van der Waals surface area contributed by atoms with Gasteiger partial charge in [-0.2, -0.15) is 5.10 Å². The van der Waals surface area contributed by atoms with Crippen molar-refractivity contribution in [3.8, 4) is 17.0 Å². The van der Waals surface area contributed by atoms with Crippen molar-refractivity contribution in [1.82, 2.24) is 15.1 Å². The van der Waals surface area contributed by atoms with Gasteiger partial charge >= 0.3 is 12.1 Å². The Hall–Kier alpha value is -4.34. The summed E-state index contributed by atoms with van der Waals surface area (Å²) in [5.74, 6) is -1.59. The Morgan fingerprint density at radius 2 is 1.71 bits per heavy atom. The zero-order chi connectivity index (χ0) is 24.2. The van der Waals surface area contributed by atoms with Crippen molar-refractivity contribution in [3.63, 3.8) is 0 Å². The van der Waals surface area contributed by atoms with Gasteiger partial charge in [-0.15, -0.1) is 0 Å². The highest BCUT2D eigenvalue weighted by Crippen LogP contribution is 2.44. The highest BCUT2D eigenvalue weighted by molar-refractivity contribution is 5.98. The van der Waals surface area contributed by atoms with Gasteiger partial charge in [0.1, 0.15) is 12.6 Å². The molecular weight excluding hydrogens is 440 g/mol. The molecule has 34 heavy (non-hydrogen) atoms. The molecule has 0 fully saturated rings. The van der Waals surface area contributed by atoms with Gasteiger partial charge in [0.2, 0.25) is 11.8 Å². The second-order valence-electron chi connectivity index (χ2n) is 7.81. The molecule has 4 rings (SSSR count). The lowest BCUT2D eigenvalue weighted by atomic mass is 9.98. The molecule has 1 aromatic heterocycles. The lowest BCUT2D eigenvalue weighted by molar-refractivity contribution is -0.139. The van der Waals surface area contributed by atoms with E-state index in [0.717, 1.165) is 22.3 Å². The van der Waals surface area contributed by atoms with Gasteiger partial charge in [-0.25, -0.2) is 9.48 Å². The summed E-state index contributed by atoms with van der Waals surface area (Å²) in [5.41, 5.74) is 4.25. The maximum atomic E-state index is 12.6. The Kier molecular flexibility index (Phi) is 6.48. The number of benzene rings is 2. The van der Waals surface area contributed by atoms with Crippen molar-refractivity contribution in [2.75, 3.05) is 19.0 Å². The van der Waals surface area contributed by atoms with Gasteiger partial charge in [-0.3, -0.25) is 9.59 Å². The third kappa shape index (κ3) is 4.70. The Balaban J connectivity index is 1.42. The first-order chi connectivity index (χ1) is 16.4. The fraction of sp³-hybridized carbons (Fsp3) is 0.250. The van der Waals surface area contributed by atoms with Gasteiger partial charge in [-0.05, 0) is 22.3 Å². The van der Waals surface area contributed by atoms with E-state index in [0.29, 0.717) is 5.88 Å². The third-order valence-electron chi connectivity index (χ3n) is 5.63. The number of ether oxygens (including phenoxy) is 2. The molecule has 10 nitrogen and oxygen atoms in total. The van der Waals surface area contributed by atoms with Crippen LogP contribution in [0.5, 0.6) is 5.88 Å². The van der Waals surface area contributed by atoms with Crippen LogP contribution in [0.25, 0.3) is 11.1 Å². The third-order valence-corrected chi connectivity index (χ3v) is 5.63. The first-order valence-electron chi connectivity index (χ1n) is 10.6. The van der Waals surface area contributed by atoms with E-state index in [2.05, 4.69) is 15.7 Å². The van der Waals surface area contributed by atoms with Gasteiger partial charge in [0.05, 0.1) is 13.5 Å². The quantitative estimate of drug-likeness (QED) is 0.467. The number of carboxylic acids is 1. The van der Waals surface area contributed by atoms with E-state index in [-0.39, 0.29) is 18.3 Å². The van der Waals surface area contributed by atoms with Gasteiger partial charge in [-0.1, -0.05) is 48.5 Å². The van der Waals surface area contributed by atoms with Crippen molar-refractivity contribution in [1.29, 1.82) is 0 Å². The van der Waals surface area contributed by atoms with Crippen LogP contribution < -0.4 is 15.4 Å². The molecule has 0 aliphatic heterocycles. The van der Waals surface area contributed by atoms with E-state index < -0.39 is 30.4 Å². The van der Waals surface area contributed by atoms with Crippen LogP contribution in [-0.2, 0) is 21.4 Å². The number of anilines is 1. The number of nitrogens with zero attached hydrogens (tertiary/aromatic N) is 2. The average molecular weight is 464 g/mol. The predicted octanol–water partition coefficient (Wildman–Crippen LogP) is 2.75. The topological polar surface area (TPSA) is 132 Å². The molecule has 176 valence electrons. The summed E-state index contributed by atoms with van der Waals surface area (Å²) < 4.78 is 11.9. The number of hydrogen-bond acceptors (Lipinski definition) is 6. The minimum absolute atomic E-state index is 0.0404. The highest BCUT2D eigenvalue weighted by Gasteiger charge is 2.30. The first-order valence-corrected chi connectivity index (χ1v) is 10.6. The lowest BCUT2D eigenvalue weighted by Crippen LogP contribution is -2.45. The van der Waals surface area contributed by atoms with E-state index in [4.69, 9.17) is 9.47 Å². The monoisotopic (exact) mass is 464 g/mol. The van der Waals surface area contributed by atoms with Crippen molar-refractivity contribution < 1.29 is 29.0 Å². The normalized spacial score (nSPS) is 12.9. The molecule has 1 aliphatic rings. The fourth-order valence-corrected chi connectivity index (χ4v) is 4.08.